The van der Waals surface area contributed by atoms with Crippen molar-refractivity contribution in [3.05, 3.63) is 92.0 Å². The van der Waals surface area contributed by atoms with E-state index in [4.69, 9.17) is 9.47 Å². The maximum absolute atomic E-state index is 12.5. The Kier molecular flexibility index (Phi) is 7.78. The fraction of sp³-hybridized carbons (Fsp3) is 0.0833. The summed E-state index contributed by atoms with van der Waals surface area (Å²) < 4.78 is 11.2. The van der Waals surface area contributed by atoms with Crippen LogP contribution in [0.2, 0.25) is 0 Å². The summed E-state index contributed by atoms with van der Waals surface area (Å²) in [6.45, 7) is 1.91. The summed E-state index contributed by atoms with van der Waals surface area (Å²) in [4.78, 5) is 33.3. The average molecular weight is 490 g/mol. The van der Waals surface area contributed by atoms with Crippen molar-refractivity contribution in [2.75, 3.05) is 11.9 Å². The number of nitriles is 1. The number of carbonyl (C=O) groups is 1. The van der Waals surface area contributed by atoms with Gasteiger partial charge in [0.1, 0.15) is 17.4 Å². The summed E-state index contributed by atoms with van der Waals surface area (Å²) in [5, 5.41) is 43.7. The van der Waals surface area contributed by atoms with Crippen molar-refractivity contribution in [2.45, 2.75) is 6.92 Å². The van der Waals surface area contributed by atoms with Crippen LogP contribution in [0.1, 0.15) is 12.5 Å². The zero-order chi connectivity index (χ0) is 26.2. The lowest BCUT2D eigenvalue weighted by Gasteiger charge is -2.12. The van der Waals surface area contributed by atoms with E-state index in [-0.39, 0.29) is 35.2 Å². The molecule has 0 radical (unpaired) electrons. The Morgan fingerprint density at radius 3 is 2.33 bits per heavy atom. The number of carbonyl (C=O) groups excluding carboxylic acids is 1. The number of aromatic hydroxyl groups is 1. The van der Waals surface area contributed by atoms with Gasteiger partial charge in [-0.2, -0.15) is 5.26 Å². The molecule has 12 nitrogen and oxygen atoms in total. The largest absolute Gasteiger partial charge is 0.508 e. The van der Waals surface area contributed by atoms with Crippen LogP contribution in [0, 0.1) is 31.6 Å². The molecule has 0 saturated heterocycles. The first-order valence-electron chi connectivity index (χ1n) is 10.3. The van der Waals surface area contributed by atoms with E-state index in [1.165, 1.54) is 48.5 Å². The highest BCUT2D eigenvalue weighted by Gasteiger charge is 2.22. The van der Waals surface area contributed by atoms with Gasteiger partial charge >= 0.3 is 5.69 Å². The standard InChI is InChI=1S/C24H18N4O8/c1-2-35-23-12-15(11-16(14-25)24(30)26-17-4-7-19(29)8-5-17)3-9-22(23)36-21-10-6-18(27(31)32)13-20(21)28(33)34/h3-13,29H,2H2,1H3,(H,26,30)/b16-11+. The molecule has 0 aliphatic heterocycles. The zero-order valence-corrected chi connectivity index (χ0v) is 18.7. The van der Waals surface area contributed by atoms with Gasteiger partial charge in [0.25, 0.3) is 11.6 Å². The van der Waals surface area contributed by atoms with Crippen molar-refractivity contribution < 1.29 is 29.2 Å². The number of nitro groups is 2. The van der Waals surface area contributed by atoms with Crippen molar-refractivity contribution in [1.82, 2.24) is 0 Å². The number of benzene rings is 3. The second kappa shape index (κ2) is 11.1. The van der Waals surface area contributed by atoms with E-state index < -0.39 is 27.1 Å². The third-order valence-corrected chi connectivity index (χ3v) is 4.64. The minimum atomic E-state index is -0.800. The maximum atomic E-state index is 12.5. The topological polar surface area (TPSA) is 178 Å². The first-order valence-corrected chi connectivity index (χ1v) is 10.3. The molecule has 0 aromatic heterocycles. The van der Waals surface area contributed by atoms with Crippen LogP contribution < -0.4 is 14.8 Å². The lowest BCUT2D eigenvalue weighted by Crippen LogP contribution is -2.13. The normalized spacial score (nSPS) is 10.7. The third-order valence-electron chi connectivity index (χ3n) is 4.64. The van der Waals surface area contributed by atoms with Crippen LogP contribution in [0.4, 0.5) is 17.1 Å². The lowest BCUT2D eigenvalue weighted by molar-refractivity contribution is -0.394. The number of phenols is 1. The fourth-order valence-electron chi connectivity index (χ4n) is 2.99. The number of non-ortho nitro benzene ring substituents is 1. The highest BCUT2D eigenvalue weighted by molar-refractivity contribution is 6.09. The van der Waals surface area contributed by atoms with Gasteiger partial charge in [0.2, 0.25) is 5.75 Å². The summed E-state index contributed by atoms with van der Waals surface area (Å²) in [6, 6.07) is 14.9. The van der Waals surface area contributed by atoms with Crippen LogP contribution in [0.15, 0.2) is 66.2 Å². The van der Waals surface area contributed by atoms with E-state index in [0.29, 0.717) is 11.3 Å². The molecule has 3 aromatic carbocycles. The smallest absolute Gasteiger partial charge is 0.318 e. The monoisotopic (exact) mass is 490 g/mol. The number of anilines is 1. The Labute approximate surface area is 203 Å². The van der Waals surface area contributed by atoms with Gasteiger partial charge in [-0.15, -0.1) is 0 Å². The zero-order valence-electron chi connectivity index (χ0n) is 18.7. The van der Waals surface area contributed by atoms with Crippen LogP contribution >= 0.6 is 0 Å². The fourth-order valence-corrected chi connectivity index (χ4v) is 2.99. The quantitative estimate of drug-likeness (QED) is 0.138. The number of hydrogen-bond donors (Lipinski definition) is 2. The molecule has 0 aliphatic carbocycles. The summed E-state index contributed by atoms with van der Waals surface area (Å²) in [5.41, 5.74) is -0.503. The van der Waals surface area contributed by atoms with Gasteiger partial charge in [0.15, 0.2) is 11.5 Å². The summed E-state index contributed by atoms with van der Waals surface area (Å²) in [7, 11) is 0. The number of amides is 1. The molecule has 0 spiro atoms. The Morgan fingerprint density at radius 1 is 1.03 bits per heavy atom. The highest BCUT2D eigenvalue weighted by Crippen LogP contribution is 2.38. The molecule has 0 aliphatic rings. The number of nitrogens with one attached hydrogen (secondary N) is 1. The number of phenolic OH excluding ortho intramolecular Hbond substituents is 1. The van der Waals surface area contributed by atoms with Crippen LogP contribution in [0.3, 0.4) is 0 Å². The van der Waals surface area contributed by atoms with Gasteiger partial charge in [-0.25, -0.2) is 0 Å². The Bertz CT molecular complexity index is 1390. The minimum Gasteiger partial charge on any atom is -0.508 e. The molecule has 0 heterocycles. The lowest BCUT2D eigenvalue weighted by atomic mass is 10.1. The number of hydrogen-bond acceptors (Lipinski definition) is 9. The minimum absolute atomic E-state index is 0.0221. The third kappa shape index (κ3) is 6.12. The van der Waals surface area contributed by atoms with Crippen molar-refractivity contribution in [2.24, 2.45) is 0 Å². The van der Waals surface area contributed by atoms with Gasteiger partial charge in [-0.1, -0.05) is 6.07 Å². The number of nitrogens with zero attached hydrogens (tertiary/aromatic N) is 3. The number of ether oxygens (including phenoxy) is 2. The van der Waals surface area contributed by atoms with Crippen LogP contribution in [-0.2, 0) is 4.79 Å². The van der Waals surface area contributed by atoms with Gasteiger partial charge in [-0.05, 0) is 61.0 Å². The average Bonchev–Trinajstić information content (AvgIpc) is 2.85. The van der Waals surface area contributed by atoms with Crippen molar-refractivity contribution in [1.29, 1.82) is 5.26 Å². The Morgan fingerprint density at radius 2 is 1.72 bits per heavy atom. The SMILES string of the molecule is CCOc1cc(/C=C(\C#N)C(=O)Nc2ccc(O)cc2)ccc1Oc1ccc([N+](=O)[O-])cc1[N+](=O)[O-]. The van der Waals surface area contributed by atoms with Gasteiger partial charge < -0.3 is 19.9 Å². The molecule has 0 atom stereocenters. The van der Waals surface area contributed by atoms with Crippen molar-refractivity contribution in [3.63, 3.8) is 0 Å². The Hall–Kier alpha value is -5.44. The molecule has 1 amide bonds. The van der Waals surface area contributed by atoms with Gasteiger partial charge in [0.05, 0.1) is 22.5 Å². The highest BCUT2D eigenvalue weighted by atomic mass is 16.6. The van der Waals surface area contributed by atoms with Gasteiger partial charge in [0, 0.05) is 11.8 Å². The second-order valence-electron chi connectivity index (χ2n) is 7.08. The first-order chi connectivity index (χ1) is 17.2. The number of rotatable bonds is 9. The number of nitro benzene ring substituents is 2. The molecule has 3 aromatic rings. The summed E-state index contributed by atoms with van der Waals surface area (Å²) >= 11 is 0. The first kappa shape index (κ1) is 25.2. The predicted molar refractivity (Wildman–Crippen MR) is 128 cm³/mol. The van der Waals surface area contributed by atoms with Crippen molar-refractivity contribution >= 4 is 29.0 Å². The molecule has 0 fully saturated rings. The molecule has 36 heavy (non-hydrogen) atoms. The van der Waals surface area contributed by atoms with E-state index in [1.807, 2.05) is 6.07 Å². The summed E-state index contributed by atoms with van der Waals surface area (Å²) in [6.07, 6.45) is 1.32. The maximum Gasteiger partial charge on any atom is 0.318 e. The molecule has 0 unspecified atom stereocenters. The van der Waals surface area contributed by atoms with E-state index in [0.717, 1.165) is 18.2 Å². The molecule has 0 bridgehead atoms. The molecule has 3 rings (SSSR count). The molecule has 2 N–H and O–H groups in total. The van der Waals surface area contributed by atoms with Crippen LogP contribution in [0.5, 0.6) is 23.0 Å². The molecule has 182 valence electrons. The van der Waals surface area contributed by atoms with Crippen LogP contribution in [0.25, 0.3) is 6.08 Å². The molecular formula is C24H18N4O8. The van der Waals surface area contributed by atoms with Crippen molar-refractivity contribution in [3.8, 4) is 29.1 Å². The molecular weight excluding hydrogens is 472 g/mol. The van der Waals surface area contributed by atoms with E-state index in [9.17, 15) is 35.4 Å². The molecule has 0 saturated carbocycles. The molecule has 12 heteroatoms. The van der Waals surface area contributed by atoms with Crippen LogP contribution in [-0.4, -0.2) is 27.5 Å². The van der Waals surface area contributed by atoms with E-state index in [2.05, 4.69) is 5.32 Å². The second-order valence-corrected chi connectivity index (χ2v) is 7.08. The van der Waals surface area contributed by atoms with E-state index >= 15 is 0 Å². The Balaban J connectivity index is 1.90. The van der Waals surface area contributed by atoms with Gasteiger partial charge in [-0.3, -0.25) is 25.0 Å². The van der Waals surface area contributed by atoms with E-state index in [1.54, 1.807) is 6.92 Å². The summed E-state index contributed by atoms with van der Waals surface area (Å²) in [5.74, 6) is -0.647. The predicted octanol–water partition coefficient (Wildman–Crippen LogP) is 4.95.